The summed E-state index contributed by atoms with van der Waals surface area (Å²) < 4.78 is 40.5. The third kappa shape index (κ3) is 3.42. The van der Waals surface area contributed by atoms with Gasteiger partial charge < -0.3 is 4.90 Å². The summed E-state index contributed by atoms with van der Waals surface area (Å²) in [5, 5.41) is 0. The van der Waals surface area contributed by atoms with Crippen LogP contribution < -0.4 is 0 Å². The predicted molar refractivity (Wildman–Crippen MR) is 73.2 cm³/mol. The van der Waals surface area contributed by atoms with Gasteiger partial charge in [0.15, 0.2) is 0 Å². The van der Waals surface area contributed by atoms with E-state index in [1.54, 1.807) is 13.0 Å². The van der Waals surface area contributed by atoms with E-state index in [-0.39, 0.29) is 13.1 Å². The molecule has 0 radical (unpaired) electrons. The number of rotatable bonds is 4. The minimum Gasteiger partial charge on any atom is -0.334 e. The first-order valence-corrected chi connectivity index (χ1v) is 6.50. The molecule has 110 valence electrons. The fourth-order valence-electron chi connectivity index (χ4n) is 2.04. The van der Waals surface area contributed by atoms with Crippen LogP contribution >= 0.6 is 0 Å². The molecule has 2 aromatic rings. The van der Waals surface area contributed by atoms with E-state index in [0.717, 1.165) is 12.1 Å². The molecule has 21 heavy (non-hydrogen) atoms. The van der Waals surface area contributed by atoms with E-state index < -0.39 is 28.9 Å². The number of nitrogens with zero attached hydrogens (tertiary/aromatic N) is 1. The van der Waals surface area contributed by atoms with Crippen molar-refractivity contribution in [1.82, 2.24) is 4.90 Å². The van der Waals surface area contributed by atoms with Crippen LogP contribution in [-0.4, -0.2) is 17.4 Å². The van der Waals surface area contributed by atoms with Crippen molar-refractivity contribution >= 4 is 5.91 Å². The van der Waals surface area contributed by atoms with Crippen molar-refractivity contribution in [3.8, 4) is 0 Å². The van der Waals surface area contributed by atoms with Gasteiger partial charge in [0.25, 0.3) is 5.91 Å². The molecule has 0 aliphatic rings. The summed E-state index contributed by atoms with van der Waals surface area (Å²) >= 11 is 0. The summed E-state index contributed by atoms with van der Waals surface area (Å²) in [5.41, 5.74) is -0.0299. The van der Waals surface area contributed by atoms with Crippen LogP contribution in [-0.2, 0) is 6.54 Å². The standard InChI is InChI=1S/C16H14F3NO/c1-2-20(10-11-5-3-6-12(17)9-11)16(21)15-13(18)7-4-8-14(15)19/h3-9H,2,10H2,1H3. The van der Waals surface area contributed by atoms with Crippen LogP contribution in [0.4, 0.5) is 13.2 Å². The van der Waals surface area contributed by atoms with Crippen LogP contribution in [0.25, 0.3) is 0 Å². The van der Waals surface area contributed by atoms with Gasteiger partial charge in [-0.2, -0.15) is 0 Å². The highest BCUT2D eigenvalue weighted by molar-refractivity contribution is 5.94. The lowest BCUT2D eigenvalue weighted by atomic mass is 10.1. The molecule has 0 bridgehead atoms. The summed E-state index contributed by atoms with van der Waals surface area (Å²) in [6.45, 7) is 2.03. The van der Waals surface area contributed by atoms with Gasteiger partial charge in [-0.25, -0.2) is 13.2 Å². The smallest absolute Gasteiger partial charge is 0.260 e. The van der Waals surface area contributed by atoms with Crippen LogP contribution in [0.5, 0.6) is 0 Å². The summed E-state index contributed by atoms with van der Waals surface area (Å²) in [5.74, 6) is -2.99. The van der Waals surface area contributed by atoms with Gasteiger partial charge in [0, 0.05) is 13.1 Å². The number of hydrogen-bond acceptors (Lipinski definition) is 1. The number of halogens is 3. The van der Waals surface area contributed by atoms with Gasteiger partial charge in [-0.05, 0) is 36.8 Å². The zero-order chi connectivity index (χ0) is 15.4. The Morgan fingerprint density at radius 1 is 1.05 bits per heavy atom. The predicted octanol–water partition coefficient (Wildman–Crippen LogP) is 3.77. The molecule has 0 spiro atoms. The van der Waals surface area contributed by atoms with Gasteiger partial charge in [-0.3, -0.25) is 4.79 Å². The third-order valence-corrected chi connectivity index (χ3v) is 3.11. The van der Waals surface area contributed by atoms with E-state index >= 15 is 0 Å². The van der Waals surface area contributed by atoms with Crippen LogP contribution in [0.2, 0.25) is 0 Å². The van der Waals surface area contributed by atoms with Crippen molar-refractivity contribution in [2.45, 2.75) is 13.5 Å². The number of amides is 1. The quantitative estimate of drug-likeness (QED) is 0.840. The maximum absolute atomic E-state index is 13.7. The first-order valence-electron chi connectivity index (χ1n) is 6.50. The van der Waals surface area contributed by atoms with Crippen LogP contribution in [0.3, 0.4) is 0 Å². The van der Waals surface area contributed by atoms with E-state index in [9.17, 15) is 18.0 Å². The molecule has 0 atom stereocenters. The minimum absolute atomic E-state index is 0.0842. The topological polar surface area (TPSA) is 20.3 Å². The molecule has 0 fully saturated rings. The molecule has 0 aromatic heterocycles. The van der Waals surface area contributed by atoms with Crippen molar-refractivity contribution in [1.29, 1.82) is 0 Å². The molecule has 0 unspecified atom stereocenters. The lowest BCUT2D eigenvalue weighted by Gasteiger charge is -2.21. The number of benzene rings is 2. The van der Waals surface area contributed by atoms with E-state index in [4.69, 9.17) is 0 Å². The number of hydrogen-bond donors (Lipinski definition) is 0. The molecule has 0 N–H and O–H groups in total. The monoisotopic (exact) mass is 293 g/mol. The molecule has 0 aliphatic carbocycles. The SMILES string of the molecule is CCN(Cc1cccc(F)c1)C(=O)c1c(F)cccc1F. The Morgan fingerprint density at radius 3 is 2.24 bits per heavy atom. The van der Waals surface area contributed by atoms with Gasteiger partial charge in [-0.1, -0.05) is 18.2 Å². The average molecular weight is 293 g/mol. The van der Waals surface area contributed by atoms with E-state index in [0.29, 0.717) is 5.56 Å². The molecule has 2 rings (SSSR count). The second-order valence-corrected chi connectivity index (χ2v) is 4.55. The van der Waals surface area contributed by atoms with Gasteiger partial charge in [0.05, 0.1) is 0 Å². The molecule has 0 saturated heterocycles. The largest absolute Gasteiger partial charge is 0.334 e. The highest BCUT2D eigenvalue weighted by Crippen LogP contribution is 2.16. The highest BCUT2D eigenvalue weighted by atomic mass is 19.1. The maximum atomic E-state index is 13.7. The molecule has 1 amide bonds. The van der Waals surface area contributed by atoms with Gasteiger partial charge in [0.1, 0.15) is 23.0 Å². The summed E-state index contributed by atoms with van der Waals surface area (Å²) in [6.07, 6.45) is 0. The van der Waals surface area contributed by atoms with Gasteiger partial charge in [0.2, 0.25) is 0 Å². The van der Waals surface area contributed by atoms with Crippen molar-refractivity contribution in [3.05, 3.63) is 71.0 Å². The Hall–Kier alpha value is -2.30. The lowest BCUT2D eigenvalue weighted by Crippen LogP contribution is -2.31. The van der Waals surface area contributed by atoms with Crippen LogP contribution in [0, 0.1) is 17.5 Å². The first kappa shape index (κ1) is 15.1. The molecule has 0 saturated carbocycles. The number of carbonyl (C=O) groups excluding carboxylic acids is 1. The molecule has 0 heterocycles. The van der Waals surface area contributed by atoms with E-state index in [2.05, 4.69) is 0 Å². The van der Waals surface area contributed by atoms with Crippen LogP contribution in [0.15, 0.2) is 42.5 Å². The van der Waals surface area contributed by atoms with Gasteiger partial charge >= 0.3 is 0 Å². The van der Waals surface area contributed by atoms with Crippen molar-refractivity contribution in [2.75, 3.05) is 6.54 Å². The second kappa shape index (κ2) is 6.43. The Balaban J connectivity index is 2.27. The summed E-state index contributed by atoms with van der Waals surface area (Å²) in [7, 11) is 0. The lowest BCUT2D eigenvalue weighted by molar-refractivity contribution is 0.0742. The Bertz CT molecular complexity index is 637. The molecule has 2 nitrogen and oxygen atoms in total. The number of carbonyl (C=O) groups is 1. The fraction of sp³-hybridized carbons (Fsp3) is 0.188. The average Bonchev–Trinajstić information content (AvgIpc) is 2.44. The molecular formula is C16H14F3NO. The van der Waals surface area contributed by atoms with Crippen molar-refractivity contribution in [3.63, 3.8) is 0 Å². The van der Waals surface area contributed by atoms with Crippen molar-refractivity contribution < 1.29 is 18.0 Å². The molecule has 0 aliphatic heterocycles. The normalized spacial score (nSPS) is 10.5. The molecule has 2 aromatic carbocycles. The third-order valence-electron chi connectivity index (χ3n) is 3.11. The Kier molecular flexibility index (Phi) is 4.62. The first-order chi connectivity index (χ1) is 10.0. The minimum atomic E-state index is -0.905. The highest BCUT2D eigenvalue weighted by Gasteiger charge is 2.22. The Morgan fingerprint density at radius 2 is 1.67 bits per heavy atom. The van der Waals surface area contributed by atoms with Crippen molar-refractivity contribution in [2.24, 2.45) is 0 Å². The van der Waals surface area contributed by atoms with Gasteiger partial charge in [-0.15, -0.1) is 0 Å². The molecular weight excluding hydrogens is 279 g/mol. The summed E-state index contributed by atoms with van der Waals surface area (Å²) in [6, 6.07) is 9.01. The maximum Gasteiger partial charge on any atom is 0.260 e. The van der Waals surface area contributed by atoms with E-state index in [1.807, 2.05) is 0 Å². The van der Waals surface area contributed by atoms with Crippen LogP contribution in [0.1, 0.15) is 22.8 Å². The zero-order valence-corrected chi connectivity index (χ0v) is 11.4. The summed E-state index contributed by atoms with van der Waals surface area (Å²) in [4.78, 5) is 13.5. The van der Waals surface area contributed by atoms with E-state index in [1.165, 1.54) is 29.2 Å². The molecule has 5 heteroatoms. The fourth-order valence-corrected chi connectivity index (χ4v) is 2.04. The zero-order valence-electron chi connectivity index (χ0n) is 11.4. The Labute approximate surface area is 120 Å². The second-order valence-electron chi connectivity index (χ2n) is 4.55.